The number of hydrogen-bond acceptors (Lipinski definition) is 7. The molecule has 1 aliphatic heterocycles. The van der Waals surface area contributed by atoms with Crippen molar-refractivity contribution in [1.29, 1.82) is 0 Å². The zero-order chi connectivity index (χ0) is 22.4. The number of fused-ring (bicyclic) bond motifs is 2. The first kappa shape index (κ1) is 19.7. The van der Waals surface area contributed by atoms with E-state index < -0.39 is 5.91 Å². The largest absolute Gasteiger partial charge is 0.484 e. The maximum atomic E-state index is 12.6. The molecule has 4 heterocycles. The minimum absolute atomic E-state index is 0.112. The van der Waals surface area contributed by atoms with Gasteiger partial charge in [0.1, 0.15) is 11.6 Å². The van der Waals surface area contributed by atoms with Crippen molar-refractivity contribution in [2.75, 3.05) is 11.9 Å². The van der Waals surface area contributed by atoms with Gasteiger partial charge in [-0.05, 0) is 43.7 Å². The molecule has 4 aromatic rings. The van der Waals surface area contributed by atoms with Crippen LogP contribution in [0.2, 0.25) is 0 Å². The van der Waals surface area contributed by atoms with Gasteiger partial charge in [-0.1, -0.05) is 12.1 Å². The SMILES string of the molecule is Cc1nn(-c2ccc3nnc(C)n3n2)c2c1C(c1ccc(OCC(N)=O)cc1)CC(=O)N2. The maximum absolute atomic E-state index is 12.6. The Morgan fingerprint density at radius 1 is 1.16 bits per heavy atom. The van der Waals surface area contributed by atoms with Gasteiger partial charge in [0.2, 0.25) is 5.91 Å². The van der Waals surface area contributed by atoms with E-state index in [0.29, 0.717) is 28.9 Å². The van der Waals surface area contributed by atoms with Crippen LogP contribution in [-0.2, 0) is 9.59 Å². The maximum Gasteiger partial charge on any atom is 0.255 e. The predicted molar refractivity (Wildman–Crippen MR) is 114 cm³/mol. The third-order valence-corrected chi connectivity index (χ3v) is 5.39. The van der Waals surface area contributed by atoms with Crippen molar-refractivity contribution in [3.8, 4) is 11.6 Å². The van der Waals surface area contributed by atoms with Gasteiger partial charge >= 0.3 is 0 Å². The van der Waals surface area contributed by atoms with Gasteiger partial charge in [0.15, 0.2) is 23.9 Å². The van der Waals surface area contributed by atoms with Crippen LogP contribution in [0.25, 0.3) is 11.5 Å². The Hall–Kier alpha value is -4.28. The van der Waals surface area contributed by atoms with E-state index in [1.165, 1.54) is 0 Å². The van der Waals surface area contributed by atoms with E-state index in [2.05, 4.69) is 25.7 Å². The summed E-state index contributed by atoms with van der Waals surface area (Å²) in [5, 5.41) is 20.3. The van der Waals surface area contributed by atoms with Crippen molar-refractivity contribution in [3.63, 3.8) is 0 Å². The van der Waals surface area contributed by atoms with Crippen LogP contribution in [0, 0.1) is 13.8 Å². The van der Waals surface area contributed by atoms with Crippen LogP contribution >= 0.6 is 0 Å². The number of nitrogens with zero attached hydrogens (tertiary/aromatic N) is 6. The molecule has 1 aromatic carbocycles. The van der Waals surface area contributed by atoms with Gasteiger partial charge in [0, 0.05) is 17.9 Å². The summed E-state index contributed by atoms with van der Waals surface area (Å²) in [6, 6.07) is 10.9. The Kier molecular flexibility index (Phi) is 4.58. The van der Waals surface area contributed by atoms with Gasteiger partial charge in [-0.3, -0.25) is 9.59 Å². The molecule has 0 saturated carbocycles. The highest BCUT2D eigenvalue weighted by Gasteiger charge is 2.33. The number of nitrogens with two attached hydrogens (primary N) is 1. The summed E-state index contributed by atoms with van der Waals surface area (Å²) < 4.78 is 8.60. The number of benzene rings is 1. The van der Waals surface area contributed by atoms with Crippen LogP contribution in [-0.4, -0.2) is 48.0 Å². The lowest BCUT2D eigenvalue weighted by molar-refractivity contribution is -0.120. The summed E-state index contributed by atoms with van der Waals surface area (Å²) in [5.41, 5.74) is 8.41. The van der Waals surface area contributed by atoms with Crippen LogP contribution in [0.4, 0.5) is 5.82 Å². The average molecular weight is 432 g/mol. The Morgan fingerprint density at radius 3 is 2.69 bits per heavy atom. The molecule has 0 spiro atoms. The second-order valence-corrected chi connectivity index (χ2v) is 7.60. The number of carbonyl (C=O) groups is 2. The lowest BCUT2D eigenvalue weighted by Gasteiger charge is -2.24. The third kappa shape index (κ3) is 3.33. The van der Waals surface area contributed by atoms with Crippen LogP contribution in [0.5, 0.6) is 5.75 Å². The third-order valence-electron chi connectivity index (χ3n) is 5.39. The molecule has 5 rings (SSSR count). The molecule has 0 fully saturated rings. The van der Waals surface area contributed by atoms with E-state index in [0.717, 1.165) is 16.8 Å². The van der Waals surface area contributed by atoms with Gasteiger partial charge in [-0.15, -0.1) is 15.3 Å². The van der Waals surface area contributed by atoms with Crippen LogP contribution < -0.4 is 15.8 Å². The first-order valence-corrected chi connectivity index (χ1v) is 10.0. The minimum Gasteiger partial charge on any atom is -0.484 e. The normalized spacial score (nSPS) is 15.4. The lowest BCUT2D eigenvalue weighted by Crippen LogP contribution is -2.25. The smallest absolute Gasteiger partial charge is 0.255 e. The predicted octanol–water partition coefficient (Wildman–Crippen LogP) is 1.27. The first-order chi connectivity index (χ1) is 15.4. The van der Waals surface area contributed by atoms with E-state index >= 15 is 0 Å². The number of primary amides is 1. The summed E-state index contributed by atoms with van der Waals surface area (Å²) in [4.78, 5) is 23.5. The number of amides is 2. The Bertz CT molecular complexity index is 1360. The van der Waals surface area contributed by atoms with E-state index in [-0.39, 0.29) is 24.9 Å². The van der Waals surface area contributed by atoms with Crippen molar-refractivity contribution < 1.29 is 14.3 Å². The molecule has 0 saturated heterocycles. The highest BCUT2D eigenvalue weighted by atomic mass is 16.5. The summed E-state index contributed by atoms with van der Waals surface area (Å²) in [5.74, 6) is 1.48. The second-order valence-electron chi connectivity index (χ2n) is 7.60. The Balaban J connectivity index is 1.54. The molecule has 3 aromatic heterocycles. The van der Waals surface area contributed by atoms with Crippen LogP contribution in [0.3, 0.4) is 0 Å². The van der Waals surface area contributed by atoms with Gasteiger partial charge in [-0.25, -0.2) is 0 Å². The molecule has 2 amide bonds. The molecule has 0 radical (unpaired) electrons. The zero-order valence-corrected chi connectivity index (χ0v) is 17.4. The van der Waals surface area contributed by atoms with Crippen molar-refractivity contribution in [2.45, 2.75) is 26.2 Å². The molecule has 11 nitrogen and oxygen atoms in total. The van der Waals surface area contributed by atoms with Crippen molar-refractivity contribution >= 4 is 23.3 Å². The highest BCUT2D eigenvalue weighted by Crippen LogP contribution is 2.40. The highest BCUT2D eigenvalue weighted by molar-refractivity contribution is 5.95. The Morgan fingerprint density at radius 2 is 1.94 bits per heavy atom. The molecular formula is C21H20N8O3. The number of nitrogens with one attached hydrogen (secondary N) is 1. The number of aromatic nitrogens is 6. The zero-order valence-electron chi connectivity index (χ0n) is 17.4. The number of aryl methyl sites for hydroxylation is 2. The molecule has 1 atom stereocenters. The van der Waals surface area contributed by atoms with Gasteiger partial charge in [-0.2, -0.15) is 14.3 Å². The first-order valence-electron chi connectivity index (χ1n) is 10.0. The molecule has 3 N–H and O–H groups in total. The standard InChI is InChI=1S/C21H20N8O3/c1-11-20-15(13-3-5-14(6-4-13)32-10-16(22)30)9-19(31)23-21(20)29(26-11)18-8-7-17-25-24-12(2)28(17)27-18/h3-8,15H,9-10H2,1-2H3,(H2,22,30)(H,23,31). The lowest BCUT2D eigenvalue weighted by atomic mass is 9.86. The molecule has 1 aliphatic rings. The number of hydrogen-bond donors (Lipinski definition) is 2. The molecular weight excluding hydrogens is 412 g/mol. The number of ether oxygens (including phenoxy) is 1. The summed E-state index contributed by atoms with van der Waals surface area (Å²) in [6.07, 6.45) is 0.290. The molecule has 0 bridgehead atoms. The van der Waals surface area contributed by atoms with E-state index in [1.54, 1.807) is 33.5 Å². The quantitative estimate of drug-likeness (QED) is 0.483. The number of rotatable bonds is 5. The molecule has 1 unspecified atom stereocenters. The fourth-order valence-electron chi connectivity index (χ4n) is 3.95. The van der Waals surface area contributed by atoms with E-state index in [1.807, 2.05) is 26.0 Å². The fraction of sp³-hybridized carbons (Fsp3) is 0.238. The molecule has 0 aliphatic carbocycles. The second kappa shape index (κ2) is 7.45. The summed E-state index contributed by atoms with van der Waals surface area (Å²) in [6.45, 7) is 3.53. The summed E-state index contributed by atoms with van der Waals surface area (Å²) >= 11 is 0. The fourth-order valence-corrected chi connectivity index (χ4v) is 3.95. The Labute approximate surface area is 182 Å². The van der Waals surface area contributed by atoms with E-state index in [4.69, 9.17) is 10.5 Å². The van der Waals surface area contributed by atoms with Crippen LogP contribution in [0.1, 0.15) is 35.0 Å². The topological polar surface area (TPSA) is 142 Å². The minimum atomic E-state index is -0.542. The van der Waals surface area contributed by atoms with Crippen molar-refractivity contribution in [2.24, 2.45) is 5.73 Å². The monoisotopic (exact) mass is 432 g/mol. The molecule has 162 valence electrons. The van der Waals surface area contributed by atoms with Gasteiger partial charge in [0.05, 0.1) is 5.69 Å². The van der Waals surface area contributed by atoms with Crippen molar-refractivity contribution in [1.82, 2.24) is 29.6 Å². The molecule has 11 heteroatoms. The van der Waals surface area contributed by atoms with Crippen LogP contribution in [0.15, 0.2) is 36.4 Å². The van der Waals surface area contributed by atoms with E-state index in [9.17, 15) is 9.59 Å². The average Bonchev–Trinajstić information content (AvgIpc) is 3.31. The summed E-state index contributed by atoms with van der Waals surface area (Å²) in [7, 11) is 0. The molecule has 32 heavy (non-hydrogen) atoms. The number of anilines is 1. The number of carbonyl (C=O) groups excluding carboxylic acids is 2. The van der Waals surface area contributed by atoms with Gasteiger partial charge in [0.25, 0.3) is 5.91 Å². The van der Waals surface area contributed by atoms with Gasteiger partial charge < -0.3 is 15.8 Å². The van der Waals surface area contributed by atoms with Crippen molar-refractivity contribution in [3.05, 3.63) is 59.0 Å².